The molecule has 0 saturated heterocycles. The summed E-state index contributed by atoms with van der Waals surface area (Å²) < 4.78 is 36.7. The van der Waals surface area contributed by atoms with Crippen LogP contribution in [-0.4, -0.2) is 24.3 Å². The van der Waals surface area contributed by atoms with Crippen LogP contribution in [0.1, 0.15) is 12.8 Å². The second-order valence-electron chi connectivity index (χ2n) is 2.90. The number of rotatable bonds is 1. The molecule has 0 fully saturated rings. The van der Waals surface area contributed by atoms with E-state index in [0.717, 1.165) is 0 Å². The van der Waals surface area contributed by atoms with E-state index < -0.39 is 24.0 Å². The van der Waals surface area contributed by atoms with Gasteiger partial charge in [-0.25, -0.2) is 0 Å². The molecule has 1 amide bonds. The minimum absolute atomic E-state index is 0.128. The number of nitrogens with two attached hydrogens (primary N) is 1. The van der Waals surface area contributed by atoms with Crippen molar-refractivity contribution < 1.29 is 18.0 Å². The highest BCUT2D eigenvalue weighted by Crippen LogP contribution is 2.32. The van der Waals surface area contributed by atoms with E-state index in [9.17, 15) is 18.0 Å². The van der Waals surface area contributed by atoms with E-state index in [-0.39, 0.29) is 6.42 Å². The third-order valence-corrected chi connectivity index (χ3v) is 1.95. The van der Waals surface area contributed by atoms with Crippen LogP contribution in [0.15, 0.2) is 4.99 Å². The Morgan fingerprint density at radius 3 is 2.54 bits per heavy atom. The highest BCUT2D eigenvalue weighted by atomic mass is 19.4. The van der Waals surface area contributed by atoms with Crippen molar-refractivity contribution in [2.75, 3.05) is 0 Å². The molecule has 1 aliphatic rings. The maximum absolute atomic E-state index is 12.2. The number of amides is 1. The van der Waals surface area contributed by atoms with E-state index in [4.69, 9.17) is 5.73 Å². The lowest BCUT2D eigenvalue weighted by atomic mass is 9.92. The zero-order chi connectivity index (χ0) is 10.1. The Labute approximate surface area is 72.8 Å². The second-order valence-corrected chi connectivity index (χ2v) is 2.90. The number of primary amides is 1. The Hall–Kier alpha value is -1.07. The van der Waals surface area contributed by atoms with Gasteiger partial charge >= 0.3 is 6.18 Å². The molecule has 1 heterocycles. The predicted octanol–water partition coefficient (Wildman–Crippen LogP) is 0.883. The van der Waals surface area contributed by atoms with Crippen LogP contribution in [0.3, 0.4) is 0 Å². The maximum atomic E-state index is 12.2. The van der Waals surface area contributed by atoms with Gasteiger partial charge in [-0.3, -0.25) is 9.79 Å². The summed E-state index contributed by atoms with van der Waals surface area (Å²) in [4.78, 5) is 13.9. The topological polar surface area (TPSA) is 55.5 Å². The second kappa shape index (κ2) is 3.35. The molecule has 0 bridgehead atoms. The Bertz CT molecular complexity index is 236. The highest BCUT2D eigenvalue weighted by Gasteiger charge is 2.47. The molecule has 13 heavy (non-hydrogen) atoms. The fourth-order valence-corrected chi connectivity index (χ4v) is 1.31. The van der Waals surface area contributed by atoms with Gasteiger partial charge in [0.1, 0.15) is 0 Å². The molecule has 2 atom stereocenters. The van der Waals surface area contributed by atoms with Gasteiger partial charge in [0.2, 0.25) is 5.91 Å². The minimum Gasteiger partial charge on any atom is -0.369 e. The summed E-state index contributed by atoms with van der Waals surface area (Å²) in [5, 5.41) is 0. The summed E-state index contributed by atoms with van der Waals surface area (Å²) >= 11 is 0. The van der Waals surface area contributed by atoms with E-state index >= 15 is 0 Å². The monoisotopic (exact) mass is 194 g/mol. The van der Waals surface area contributed by atoms with Crippen LogP contribution in [-0.2, 0) is 4.79 Å². The van der Waals surface area contributed by atoms with Crippen LogP contribution in [0.5, 0.6) is 0 Å². The standard InChI is InChI=1S/C7H9F3N2O/c8-7(9,10)5-4(6(11)13)2-1-3-12-5/h3-5H,1-2H2,(H2,11,13). The van der Waals surface area contributed by atoms with E-state index in [1.54, 1.807) is 0 Å². The van der Waals surface area contributed by atoms with Gasteiger partial charge in [-0.15, -0.1) is 0 Å². The number of hydrogen-bond donors (Lipinski definition) is 1. The van der Waals surface area contributed by atoms with Gasteiger partial charge in [0.15, 0.2) is 6.04 Å². The molecular formula is C7H9F3N2O. The number of nitrogens with zero attached hydrogens (tertiary/aromatic N) is 1. The normalized spacial score (nSPS) is 28.8. The van der Waals surface area contributed by atoms with Gasteiger partial charge in [-0.05, 0) is 19.1 Å². The third kappa shape index (κ3) is 2.19. The molecule has 0 saturated carbocycles. The number of alkyl halides is 3. The first kappa shape index (κ1) is 10.0. The van der Waals surface area contributed by atoms with Gasteiger partial charge in [-0.1, -0.05) is 0 Å². The first-order valence-electron chi connectivity index (χ1n) is 3.80. The number of carbonyl (C=O) groups is 1. The van der Waals surface area contributed by atoms with Crippen molar-refractivity contribution in [3.05, 3.63) is 0 Å². The number of aliphatic imine (C=N–C) groups is 1. The van der Waals surface area contributed by atoms with Crippen molar-refractivity contribution in [1.82, 2.24) is 0 Å². The molecule has 0 radical (unpaired) electrons. The number of hydrogen-bond acceptors (Lipinski definition) is 2. The maximum Gasteiger partial charge on any atom is 0.411 e. The Morgan fingerprint density at radius 1 is 1.54 bits per heavy atom. The molecule has 2 N–H and O–H groups in total. The lowest BCUT2D eigenvalue weighted by molar-refractivity contribution is -0.165. The van der Waals surface area contributed by atoms with Crippen LogP contribution < -0.4 is 5.73 Å². The Morgan fingerprint density at radius 2 is 2.15 bits per heavy atom. The lowest BCUT2D eigenvalue weighted by Gasteiger charge is -2.25. The average Bonchev–Trinajstić information content (AvgIpc) is 2.03. The van der Waals surface area contributed by atoms with Crippen LogP contribution in [0, 0.1) is 5.92 Å². The summed E-state index contributed by atoms with van der Waals surface area (Å²) in [6.45, 7) is 0. The summed E-state index contributed by atoms with van der Waals surface area (Å²) in [7, 11) is 0. The molecule has 1 aliphatic heterocycles. The molecule has 0 spiro atoms. The van der Waals surface area contributed by atoms with Gasteiger partial charge in [-0.2, -0.15) is 13.2 Å². The lowest BCUT2D eigenvalue weighted by Crippen LogP contribution is -2.43. The highest BCUT2D eigenvalue weighted by molar-refractivity contribution is 5.79. The quantitative estimate of drug-likeness (QED) is 0.661. The first-order valence-corrected chi connectivity index (χ1v) is 3.80. The van der Waals surface area contributed by atoms with E-state index in [0.29, 0.717) is 6.42 Å². The van der Waals surface area contributed by atoms with Crippen LogP contribution in [0.25, 0.3) is 0 Å². The molecule has 2 unspecified atom stereocenters. The van der Waals surface area contributed by atoms with Crippen molar-refractivity contribution in [1.29, 1.82) is 0 Å². The number of halogens is 3. The molecule has 0 aromatic heterocycles. The molecule has 1 rings (SSSR count). The minimum atomic E-state index is -4.48. The summed E-state index contributed by atoms with van der Waals surface area (Å²) in [6.07, 6.45) is -2.78. The Kier molecular flexibility index (Phi) is 2.58. The molecule has 74 valence electrons. The smallest absolute Gasteiger partial charge is 0.369 e. The first-order chi connectivity index (χ1) is 5.93. The van der Waals surface area contributed by atoms with Crippen molar-refractivity contribution in [3.8, 4) is 0 Å². The van der Waals surface area contributed by atoms with E-state index in [2.05, 4.69) is 4.99 Å². The van der Waals surface area contributed by atoms with E-state index in [1.165, 1.54) is 6.21 Å². The molecule has 6 heteroatoms. The Balaban J connectivity index is 2.84. The van der Waals surface area contributed by atoms with E-state index in [1.807, 2.05) is 0 Å². The van der Waals surface area contributed by atoms with Gasteiger partial charge in [0.25, 0.3) is 0 Å². The fraction of sp³-hybridized carbons (Fsp3) is 0.714. The molecule has 0 aliphatic carbocycles. The van der Waals surface area contributed by atoms with Crippen molar-refractivity contribution in [2.24, 2.45) is 16.6 Å². The van der Waals surface area contributed by atoms with Crippen molar-refractivity contribution in [2.45, 2.75) is 25.1 Å². The van der Waals surface area contributed by atoms with Gasteiger partial charge < -0.3 is 5.73 Å². The van der Waals surface area contributed by atoms with Crippen LogP contribution in [0.2, 0.25) is 0 Å². The zero-order valence-electron chi connectivity index (χ0n) is 6.71. The van der Waals surface area contributed by atoms with Crippen LogP contribution >= 0.6 is 0 Å². The summed E-state index contributed by atoms with van der Waals surface area (Å²) in [5.74, 6) is -2.14. The molecule has 3 nitrogen and oxygen atoms in total. The van der Waals surface area contributed by atoms with Crippen molar-refractivity contribution in [3.63, 3.8) is 0 Å². The van der Waals surface area contributed by atoms with Crippen LogP contribution in [0.4, 0.5) is 13.2 Å². The SMILES string of the molecule is NC(=O)C1CCC=NC1C(F)(F)F. The molecular weight excluding hydrogens is 185 g/mol. The zero-order valence-corrected chi connectivity index (χ0v) is 6.71. The summed E-state index contributed by atoms with van der Waals surface area (Å²) in [5.41, 5.74) is 4.84. The molecule has 0 aromatic rings. The average molecular weight is 194 g/mol. The molecule has 0 aromatic carbocycles. The third-order valence-electron chi connectivity index (χ3n) is 1.95. The summed E-state index contributed by atoms with van der Waals surface area (Å²) in [6, 6.07) is -1.95. The largest absolute Gasteiger partial charge is 0.411 e. The number of carbonyl (C=O) groups excluding carboxylic acids is 1. The van der Waals surface area contributed by atoms with Gasteiger partial charge in [0, 0.05) is 0 Å². The predicted molar refractivity (Wildman–Crippen MR) is 40.3 cm³/mol. The van der Waals surface area contributed by atoms with Gasteiger partial charge in [0.05, 0.1) is 5.92 Å². The van der Waals surface area contributed by atoms with Crippen molar-refractivity contribution >= 4 is 12.1 Å². The fourth-order valence-electron chi connectivity index (χ4n) is 1.31.